The molecule has 0 radical (unpaired) electrons. The number of aryl methyl sites for hydroxylation is 1. The molecule has 2 aliphatic heterocycles. The number of carboxylic acids is 1. The Labute approximate surface area is 170 Å². The molecule has 0 unspecified atom stereocenters. The van der Waals surface area contributed by atoms with Crippen LogP contribution in [0.5, 0.6) is 0 Å². The van der Waals surface area contributed by atoms with E-state index < -0.39 is 23.1 Å². The zero-order chi connectivity index (χ0) is 21.4. The molecule has 0 amide bonds. The lowest BCUT2D eigenvalue weighted by atomic mass is 9.86. The summed E-state index contributed by atoms with van der Waals surface area (Å²) in [6.45, 7) is 3.32. The second-order valence-corrected chi connectivity index (χ2v) is 7.74. The van der Waals surface area contributed by atoms with Crippen LogP contribution in [0.25, 0.3) is 22.3 Å². The number of pyridine rings is 2. The van der Waals surface area contributed by atoms with E-state index in [1.54, 1.807) is 25.1 Å². The quantitative estimate of drug-likeness (QED) is 0.489. The highest BCUT2D eigenvalue weighted by atomic mass is 16.6. The number of aliphatic hydroxyl groups is 1. The van der Waals surface area contributed by atoms with Crippen LogP contribution in [0, 0.1) is 6.92 Å². The van der Waals surface area contributed by atoms with E-state index in [1.165, 1.54) is 4.57 Å². The Morgan fingerprint density at radius 1 is 1.27 bits per heavy atom. The molecular weight excluding hydrogens is 388 g/mol. The molecule has 8 nitrogen and oxygen atoms in total. The summed E-state index contributed by atoms with van der Waals surface area (Å²) >= 11 is 0. The fraction of sp³-hybridized carbons (Fsp3) is 0.273. The van der Waals surface area contributed by atoms with Gasteiger partial charge < -0.3 is 19.5 Å². The van der Waals surface area contributed by atoms with Gasteiger partial charge in [-0.25, -0.2) is 14.6 Å². The van der Waals surface area contributed by atoms with Gasteiger partial charge in [-0.1, -0.05) is 18.6 Å². The number of rotatable bonds is 2. The van der Waals surface area contributed by atoms with Crippen LogP contribution in [-0.4, -0.2) is 31.7 Å². The monoisotopic (exact) mass is 406 g/mol. The van der Waals surface area contributed by atoms with Crippen LogP contribution in [0.15, 0.2) is 29.1 Å². The first kappa shape index (κ1) is 18.5. The minimum absolute atomic E-state index is 0.0411. The zero-order valence-electron chi connectivity index (χ0n) is 16.4. The van der Waals surface area contributed by atoms with Crippen molar-refractivity contribution in [2.45, 2.75) is 39.0 Å². The fourth-order valence-corrected chi connectivity index (χ4v) is 4.44. The van der Waals surface area contributed by atoms with Crippen molar-refractivity contribution < 1.29 is 24.5 Å². The molecule has 2 aromatic heterocycles. The molecule has 2 aliphatic rings. The molecule has 8 heteroatoms. The fourth-order valence-electron chi connectivity index (χ4n) is 4.44. The van der Waals surface area contributed by atoms with E-state index in [-0.39, 0.29) is 36.3 Å². The largest absolute Gasteiger partial charge is 0.478 e. The summed E-state index contributed by atoms with van der Waals surface area (Å²) in [5.41, 5.74) is 0.775. The topological polar surface area (TPSA) is 119 Å². The maximum Gasteiger partial charge on any atom is 0.343 e. The summed E-state index contributed by atoms with van der Waals surface area (Å²) in [6.07, 6.45) is 0.0411. The second kappa shape index (κ2) is 5.99. The number of aromatic carboxylic acids is 1. The van der Waals surface area contributed by atoms with E-state index in [2.05, 4.69) is 4.98 Å². The number of fused-ring (bicyclic) bond motifs is 5. The van der Waals surface area contributed by atoms with Crippen molar-refractivity contribution in [1.29, 1.82) is 0 Å². The Morgan fingerprint density at radius 3 is 2.73 bits per heavy atom. The molecule has 0 fully saturated rings. The lowest BCUT2D eigenvalue weighted by Gasteiger charge is -2.31. The molecule has 3 aromatic rings. The van der Waals surface area contributed by atoms with E-state index in [0.717, 1.165) is 5.56 Å². The molecule has 1 atom stereocenters. The highest BCUT2D eigenvalue weighted by Gasteiger charge is 2.45. The van der Waals surface area contributed by atoms with Gasteiger partial charge in [0.05, 0.1) is 34.6 Å². The van der Waals surface area contributed by atoms with E-state index >= 15 is 0 Å². The van der Waals surface area contributed by atoms with Gasteiger partial charge in [0.25, 0.3) is 5.56 Å². The summed E-state index contributed by atoms with van der Waals surface area (Å²) in [4.78, 5) is 42.2. The molecular formula is C22H18N2O6. The molecule has 0 saturated carbocycles. The summed E-state index contributed by atoms with van der Waals surface area (Å²) in [6, 6.07) is 6.93. The molecule has 0 saturated heterocycles. The number of nitrogens with zero attached hydrogens (tertiary/aromatic N) is 2. The van der Waals surface area contributed by atoms with E-state index in [0.29, 0.717) is 27.9 Å². The van der Waals surface area contributed by atoms with Gasteiger partial charge in [0.2, 0.25) is 0 Å². The van der Waals surface area contributed by atoms with Crippen molar-refractivity contribution in [1.82, 2.24) is 9.55 Å². The maximum atomic E-state index is 13.2. The first-order valence-corrected chi connectivity index (χ1v) is 9.60. The number of hydrogen-bond donors (Lipinski definition) is 2. The van der Waals surface area contributed by atoms with Crippen LogP contribution in [0.3, 0.4) is 0 Å². The second-order valence-electron chi connectivity index (χ2n) is 7.74. The number of ether oxygens (including phenoxy) is 1. The molecule has 1 aromatic carbocycles. The Hall–Kier alpha value is -3.52. The van der Waals surface area contributed by atoms with E-state index in [4.69, 9.17) is 4.74 Å². The van der Waals surface area contributed by atoms with Gasteiger partial charge in [-0.05, 0) is 31.5 Å². The first-order valence-electron chi connectivity index (χ1n) is 9.60. The number of hydrogen-bond acceptors (Lipinski definition) is 6. The Bertz CT molecular complexity index is 1360. The van der Waals surface area contributed by atoms with E-state index in [1.807, 2.05) is 13.0 Å². The molecule has 4 heterocycles. The van der Waals surface area contributed by atoms with E-state index in [9.17, 15) is 24.6 Å². The summed E-state index contributed by atoms with van der Waals surface area (Å²) in [7, 11) is 0. The van der Waals surface area contributed by atoms with Gasteiger partial charge in [-0.2, -0.15) is 0 Å². The third-order valence-corrected chi connectivity index (χ3v) is 6.06. The van der Waals surface area contributed by atoms with Crippen LogP contribution >= 0.6 is 0 Å². The molecule has 0 aliphatic carbocycles. The van der Waals surface area contributed by atoms with Crippen LogP contribution in [0.1, 0.15) is 46.0 Å². The van der Waals surface area contributed by atoms with Gasteiger partial charge in [0.15, 0.2) is 5.60 Å². The normalized spacial score (nSPS) is 19.2. The third kappa shape index (κ3) is 2.25. The number of aromatic nitrogens is 2. The number of esters is 1. The number of carboxylic acid groups (broad SMARTS) is 1. The molecule has 0 bridgehead atoms. The van der Waals surface area contributed by atoms with Gasteiger partial charge in [0.1, 0.15) is 6.61 Å². The minimum atomic E-state index is -1.92. The maximum absolute atomic E-state index is 13.2. The van der Waals surface area contributed by atoms with Crippen molar-refractivity contribution >= 4 is 22.8 Å². The molecule has 2 N–H and O–H groups in total. The summed E-state index contributed by atoms with van der Waals surface area (Å²) in [5, 5.41) is 21.4. The van der Waals surface area contributed by atoms with Gasteiger partial charge in [-0.3, -0.25) is 4.79 Å². The Morgan fingerprint density at radius 2 is 2.03 bits per heavy atom. The van der Waals surface area contributed by atoms with Gasteiger partial charge in [0, 0.05) is 16.5 Å². The van der Waals surface area contributed by atoms with Gasteiger partial charge >= 0.3 is 11.9 Å². The highest BCUT2D eigenvalue weighted by molar-refractivity contribution is 6.06. The highest BCUT2D eigenvalue weighted by Crippen LogP contribution is 2.40. The van der Waals surface area contributed by atoms with Crippen molar-refractivity contribution in [3.8, 4) is 11.4 Å². The predicted octanol–water partition coefficient (Wildman–Crippen LogP) is 2.09. The van der Waals surface area contributed by atoms with Crippen LogP contribution in [0.4, 0.5) is 0 Å². The Kier molecular flexibility index (Phi) is 3.70. The number of benzene rings is 1. The Balaban J connectivity index is 1.86. The molecule has 0 spiro atoms. The van der Waals surface area contributed by atoms with Crippen molar-refractivity contribution in [3.63, 3.8) is 0 Å². The summed E-state index contributed by atoms with van der Waals surface area (Å²) in [5.74, 6) is -1.90. The zero-order valence-corrected chi connectivity index (χ0v) is 16.4. The average molecular weight is 406 g/mol. The standard InChI is InChI=1S/C22H18N2O6/c1-3-22(29)14-7-16-18-12(8-24(16)19(25)13(14)9-30-21(22)28)17(20(26)27)11-6-10(2)4-5-15(11)23-18/h4-7,29H,3,8-9H2,1-2H3,(H,26,27)/t22-/m0/s1. The lowest BCUT2D eigenvalue weighted by molar-refractivity contribution is -0.172. The third-order valence-electron chi connectivity index (χ3n) is 6.06. The molecule has 5 rings (SSSR count). The van der Waals surface area contributed by atoms with Crippen LogP contribution in [0.2, 0.25) is 0 Å². The number of carbonyl (C=O) groups excluding carboxylic acids is 1. The van der Waals surface area contributed by atoms with Crippen molar-refractivity contribution in [2.24, 2.45) is 0 Å². The first-order chi connectivity index (χ1) is 14.3. The summed E-state index contributed by atoms with van der Waals surface area (Å²) < 4.78 is 6.49. The molecule has 152 valence electrons. The van der Waals surface area contributed by atoms with Crippen molar-refractivity contribution in [3.05, 3.63) is 62.4 Å². The molecule has 30 heavy (non-hydrogen) atoms. The smallest absolute Gasteiger partial charge is 0.343 e. The van der Waals surface area contributed by atoms with Gasteiger partial charge in [-0.15, -0.1) is 0 Å². The SMILES string of the molecule is CC[C@@]1(O)C(=O)OCc2c1cc1n(c2=O)Cc2c-1nc1ccc(C)cc1c2C(=O)O. The van der Waals surface area contributed by atoms with Crippen LogP contribution in [-0.2, 0) is 28.3 Å². The van der Waals surface area contributed by atoms with Crippen molar-refractivity contribution in [2.75, 3.05) is 0 Å². The average Bonchev–Trinajstić information content (AvgIpc) is 3.07. The van der Waals surface area contributed by atoms with Crippen LogP contribution < -0.4 is 5.56 Å². The minimum Gasteiger partial charge on any atom is -0.478 e. The predicted molar refractivity (Wildman–Crippen MR) is 106 cm³/mol. The number of cyclic esters (lactones) is 1. The lowest BCUT2D eigenvalue weighted by Crippen LogP contribution is -2.44. The number of carbonyl (C=O) groups is 2.